The van der Waals surface area contributed by atoms with E-state index >= 15 is 0 Å². The summed E-state index contributed by atoms with van der Waals surface area (Å²) in [4.78, 5) is 14.9. The van der Waals surface area contributed by atoms with Crippen molar-refractivity contribution in [3.63, 3.8) is 0 Å². The summed E-state index contributed by atoms with van der Waals surface area (Å²) in [5, 5.41) is 12.1. The van der Waals surface area contributed by atoms with Gasteiger partial charge in [0.05, 0.1) is 7.11 Å². The molecule has 1 fully saturated rings. The summed E-state index contributed by atoms with van der Waals surface area (Å²) in [5.41, 5.74) is 1.20. The van der Waals surface area contributed by atoms with Crippen LogP contribution in [0.3, 0.4) is 0 Å². The maximum Gasteiger partial charge on any atom is 0.276 e. The lowest BCUT2D eigenvalue weighted by Crippen LogP contribution is -2.36. The predicted octanol–water partition coefficient (Wildman–Crippen LogP) is 2.72. The molecule has 146 valence electrons. The molecule has 0 N–H and O–H groups in total. The number of amides is 1. The molecule has 1 aliphatic heterocycles. The molecule has 3 heterocycles. The predicted molar refractivity (Wildman–Crippen MR) is 102 cm³/mol. The van der Waals surface area contributed by atoms with Crippen LogP contribution in [0.25, 0.3) is 11.3 Å². The standard InChI is InChI=1S/C20H23N5O3/c1-24-13-21-22-19(24)10-7-15-4-3-11-25(15)20(26)17-12-18(28-23-17)14-5-8-16(27-2)9-6-14/h5-6,8-9,12-13,15H,3-4,7,10-11H2,1-2H3. The molecule has 0 aliphatic carbocycles. The second-order valence-corrected chi connectivity index (χ2v) is 7.00. The number of hydrogen-bond donors (Lipinski definition) is 0. The quantitative estimate of drug-likeness (QED) is 0.653. The summed E-state index contributed by atoms with van der Waals surface area (Å²) < 4.78 is 12.5. The van der Waals surface area contributed by atoms with Gasteiger partial charge in [-0.1, -0.05) is 5.16 Å². The average molecular weight is 381 g/mol. The van der Waals surface area contributed by atoms with Crippen molar-refractivity contribution in [3.8, 4) is 17.1 Å². The minimum atomic E-state index is -0.0797. The van der Waals surface area contributed by atoms with Gasteiger partial charge in [0.15, 0.2) is 11.5 Å². The summed E-state index contributed by atoms with van der Waals surface area (Å²) in [5.74, 6) is 2.19. The van der Waals surface area contributed by atoms with E-state index in [-0.39, 0.29) is 11.9 Å². The van der Waals surface area contributed by atoms with Crippen LogP contribution in [-0.2, 0) is 13.5 Å². The van der Waals surface area contributed by atoms with Crippen molar-refractivity contribution in [2.45, 2.75) is 31.7 Å². The smallest absolute Gasteiger partial charge is 0.276 e. The molecule has 28 heavy (non-hydrogen) atoms. The van der Waals surface area contributed by atoms with Crippen molar-refractivity contribution in [2.24, 2.45) is 7.05 Å². The number of carbonyl (C=O) groups excluding carboxylic acids is 1. The van der Waals surface area contributed by atoms with Gasteiger partial charge in [-0.05, 0) is 43.5 Å². The molecule has 0 saturated carbocycles. The van der Waals surface area contributed by atoms with Gasteiger partial charge >= 0.3 is 0 Å². The molecule has 1 saturated heterocycles. The van der Waals surface area contributed by atoms with Gasteiger partial charge in [0.25, 0.3) is 5.91 Å². The Labute approximate surface area is 163 Å². The van der Waals surface area contributed by atoms with Crippen LogP contribution in [0, 0.1) is 0 Å². The first-order valence-corrected chi connectivity index (χ1v) is 9.40. The lowest BCUT2D eigenvalue weighted by molar-refractivity contribution is 0.0719. The first-order valence-electron chi connectivity index (χ1n) is 9.40. The van der Waals surface area contributed by atoms with E-state index in [1.165, 1.54) is 0 Å². The molecule has 3 aromatic rings. The SMILES string of the molecule is COc1ccc(-c2cc(C(=O)N3CCCC3CCc3nncn3C)no2)cc1. The van der Waals surface area contributed by atoms with Crippen LogP contribution in [0.15, 0.2) is 41.2 Å². The fraction of sp³-hybridized carbons (Fsp3) is 0.400. The van der Waals surface area contributed by atoms with Gasteiger partial charge in [-0.2, -0.15) is 0 Å². The van der Waals surface area contributed by atoms with E-state index < -0.39 is 0 Å². The van der Waals surface area contributed by atoms with E-state index in [9.17, 15) is 4.79 Å². The van der Waals surface area contributed by atoms with Crippen molar-refractivity contribution in [1.29, 1.82) is 0 Å². The van der Waals surface area contributed by atoms with Crippen molar-refractivity contribution in [2.75, 3.05) is 13.7 Å². The summed E-state index contributed by atoms with van der Waals surface area (Å²) in [6, 6.07) is 9.36. The van der Waals surface area contributed by atoms with E-state index in [0.717, 1.165) is 49.4 Å². The minimum Gasteiger partial charge on any atom is -0.497 e. The topological polar surface area (TPSA) is 86.3 Å². The van der Waals surface area contributed by atoms with Gasteiger partial charge in [-0.3, -0.25) is 4.79 Å². The Morgan fingerprint density at radius 1 is 1.32 bits per heavy atom. The van der Waals surface area contributed by atoms with E-state index in [1.54, 1.807) is 19.5 Å². The molecule has 8 heteroatoms. The van der Waals surface area contributed by atoms with Crippen molar-refractivity contribution >= 4 is 5.91 Å². The van der Waals surface area contributed by atoms with Crippen LogP contribution in [-0.4, -0.2) is 50.4 Å². The lowest BCUT2D eigenvalue weighted by atomic mass is 10.1. The average Bonchev–Trinajstić information content (AvgIpc) is 3.47. The van der Waals surface area contributed by atoms with Crippen molar-refractivity contribution in [1.82, 2.24) is 24.8 Å². The summed E-state index contributed by atoms with van der Waals surface area (Å²) in [6.45, 7) is 0.743. The first kappa shape index (κ1) is 18.2. The highest BCUT2D eigenvalue weighted by molar-refractivity contribution is 5.93. The molecule has 1 amide bonds. The molecule has 1 aromatic carbocycles. The van der Waals surface area contributed by atoms with E-state index in [0.29, 0.717) is 11.5 Å². The summed E-state index contributed by atoms with van der Waals surface area (Å²) in [7, 11) is 3.56. The Kier molecular flexibility index (Phi) is 5.10. The third kappa shape index (κ3) is 3.62. The third-order valence-corrected chi connectivity index (χ3v) is 5.25. The minimum absolute atomic E-state index is 0.0797. The maximum atomic E-state index is 13.0. The highest BCUT2D eigenvalue weighted by atomic mass is 16.5. The number of ether oxygens (including phenoxy) is 1. The molecular weight excluding hydrogens is 358 g/mol. The van der Waals surface area contributed by atoms with Crippen LogP contribution in [0.2, 0.25) is 0 Å². The second-order valence-electron chi connectivity index (χ2n) is 7.00. The highest BCUT2D eigenvalue weighted by Crippen LogP contribution is 2.26. The van der Waals surface area contributed by atoms with Crippen LogP contribution < -0.4 is 4.74 Å². The Morgan fingerprint density at radius 2 is 2.14 bits per heavy atom. The van der Waals surface area contributed by atoms with Gasteiger partial charge in [0, 0.05) is 37.7 Å². The number of nitrogens with zero attached hydrogens (tertiary/aromatic N) is 5. The van der Waals surface area contributed by atoms with E-state index in [1.807, 2.05) is 40.8 Å². The second kappa shape index (κ2) is 7.84. The third-order valence-electron chi connectivity index (χ3n) is 5.25. The molecule has 0 bridgehead atoms. The van der Waals surface area contributed by atoms with Crippen LogP contribution in [0.4, 0.5) is 0 Å². The van der Waals surface area contributed by atoms with Gasteiger partial charge in [-0.25, -0.2) is 0 Å². The van der Waals surface area contributed by atoms with Crippen LogP contribution in [0.5, 0.6) is 5.75 Å². The number of aryl methyl sites for hydroxylation is 2. The molecule has 2 aromatic heterocycles. The number of aromatic nitrogens is 4. The van der Waals surface area contributed by atoms with E-state index in [4.69, 9.17) is 9.26 Å². The molecule has 4 rings (SSSR count). The van der Waals surface area contributed by atoms with E-state index in [2.05, 4.69) is 15.4 Å². The fourth-order valence-electron chi connectivity index (χ4n) is 3.65. The van der Waals surface area contributed by atoms with Gasteiger partial charge in [0.1, 0.15) is 17.9 Å². The van der Waals surface area contributed by atoms with Gasteiger partial charge < -0.3 is 18.7 Å². The number of methoxy groups -OCH3 is 1. The van der Waals surface area contributed by atoms with Gasteiger partial charge in [-0.15, -0.1) is 10.2 Å². The van der Waals surface area contributed by atoms with Crippen molar-refractivity contribution < 1.29 is 14.1 Å². The summed E-state index contributed by atoms with van der Waals surface area (Å²) in [6.07, 6.45) is 5.34. The number of rotatable bonds is 6. The first-order chi connectivity index (χ1) is 13.7. The van der Waals surface area contributed by atoms with Crippen LogP contribution in [0.1, 0.15) is 35.6 Å². The van der Waals surface area contributed by atoms with Crippen LogP contribution >= 0.6 is 0 Å². The Bertz CT molecular complexity index is 947. The molecule has 1 unspecified atom stereocenters. The zero-order valence-corrected chi connectivity index (χ0v) is 16.0. The number of benzene rings is 1. The zero-order chi connectivity index (χ0) is 19.5. The molecule has 0 spiro atoms. The Balaban J connectivity index is 1.44. The molecule has 1 atom stereocenters. The molecule has 0 radical (unpaired) electrons. The highest BCUT2D eigenvalue weighted by Gasteiger charge is 2.31. The summed E-state index contributed by atoms with van der Waals surface area (Å²) >= 11 is 0. The zero-order valence-electron chi connectivity index (χ0n) is 16.0. The number of carbonyl (C=O) groups is 1. The Hall–Kier alpha value is -3.16. The lowest BCUT2D eigenvalue weighted by Gasteiger charge is -2.23. The molecular formula is C20H23N5O3. The maximum absolute atomic E-state index is 13.0. The molecule has 1 aliphatic rings. The largest absolute Gasteiger partial charge is 0.497 e. The fourth-order valence-corrected chi connectivity index (χ4v) is 3.65. The number of likely N-dealkylation sites (tertiary alicyclic amines) is 1. The van der Waals surface area contributed by atoms with Crippen molar-refractivity contribution in [3.05, 3.63) is 48.2 Å². The Morgan fingerprint density at radius 3 is 2.86 bits per heavy atom. The monoisotopic (exact) mass is 381 g/mol. The van der Waals surface area contributed by atoms with Gasteiger partial charge in [0.2, 0.25) is 0 Å². The normalized spacial score (nSPS) is 16.5. The number of hydrogen-bond acceptors (Lipinski definition) is 6. The molecule has 8 nitrogen and oxygen atoms in total.